The molecule has 1 aromatic heterocycles. The van der Waals surface area contributed by atoms with Gasteiger partial charge in [-0.2, -0.15) is 0 Å². The molecule has 0 aromatic carbocycles. The fourth-order valence-electron chi connectivity index (χ4n) is 3.25. The second-order valence-corrected chi connectivity index (χ2v) is 8.23. The Morgan fingerprint density at radius 3 is 2.57 bits per heavy atom. The Balaban J connectivity index is 1.60. The van der Waals surface area contributed by atoms with E-state index < -0.39 is 10.0 Å². The molecule has 0 spiro atoms. The first-order valence-electron chi connectivity index (χ1n) is 7.88. The zero-order chi connectivity index (χ0) is 14.9. The first-order valence-corrected chi connectivity index (χ1v) is 9.39. The predicted octanol–water partition coefficient (Wildman–Crippen LogP) is 1.84. The molecule has 2 aliphatic heterocycles. The van der Waals surface area contributed by atoms with Gasteiger partial charge in [0.15, 0.2) is 0 Å². The second-order valence-electron chi connectivity index (χ2n) is 6.02. The maximum absolute atomic E-state index is 12.6. The zero-order valence-electron chi connectivity index (χ0n) is 12.6. The molecule has 21 heavy (non-hydrogen) atoms. The molecular weight excluding hydrogens is 288 g/mol. The van der Waals surface area contributed by atoms with Crippen LogP contribution in [0.15, 0.2) is 16.5 Å². The van der Waals surface area contributed by atoms with Gasteiger partial charge in [-0.25, -0.2) is 12.7 Å². The van der Waals surface area contributed by atoms with Crippen LogP contribution in [0.4, 0.5) is 0 Å². The Morgan fingerprint density at radius 1 is 1.19 bits per heavy atom. The van der Waals surface area contributed by atoms with Gasteiger partial charge in [0.2, 0.25) is 10.0 Å². The summed E-state index contributed by atoms with van der Waals surface area (Å²) < 4.78 is 32.5. The highest BCUT2D eigenvalue weighted by atomic mass is 32.2. The first-order chi connectivity index (χ1) is 10.1. The van der Waals surface area contributed by atoms with E-state index >= 15 is 0 Å². The lowest BCUT2D eigenvalue weighted by atomic mass is 10.3. The zero-order valence-corrected chi connectivity index (χ0v) is 13.4. The van der Waals surface area contributed by atoms with Crippen molar-refractivity contribution in [2.45, 2.75) is 44.4 Å². The molecule has 3 heterocycles. The van der Waals surface area contributed by atoms with Crippen molar-refractivity contribution in [2.24, 2.45) is 0 Å². The third-order valence-corrected chi connectivity index (χ3v) is 6.83. The average molecular weight is 312 g/mol. The van der Waals surface area contributed by atoms with E-state index in [1.807, 2.05) is 12.1 Å². The molecule has 0 aliphatic carbocycles. The molecule has 0 amide bonds. The SMILES string of the molecule is CCc1ccc(CN2CCC(S(=O)(=O)N3CCCC3)C2)o1. The summed E-state index contributed by atoms with van der Waals surface area (Å²) in [6, 6.07) is 4.00. The van der Waals surface area contributed by atoms with Gasteiger partial charge in [-0.1, -0.05) is 6.92 Å². The van der Waals surface area contributed by atoms with E-state index in [1.54, 1.807) is 4.31 Å². The quantitative estimate of drug-likeness (QED) is 0.832. The standard InChI is InChI=1S/C15H24N2O3S/c1-2-13-5-6-14(20-13)11-16-10-7-15(12-16)21(18,19)17-8-3-4-9-17/h5-6,15H,2-4,7-12H2,1H3. The molecule has 2 fully saturated rings. The van der Waals surface area contributed by atoms with Crippen molar-refractivity contribution in [2.75, 3.05) is 26.2 Å². The number of likely N-dealkylation sites (tertiary alicyclic amines) is 1. The number of hydrogen-bond donors (Lipinski definition) is 0. The fraction of sp³-hybridized carbons (Fsp3) is 0.733. The van der Waals surface area contributed by atoms with Gasteiger partial charge in [0.1, 0.15) is 11.5 Å². The van der Waals surface area contributed by atoms with E-state index in [1.165, 1.54) is 0 Å². The smallest absolute Gasteiger partial charge is 0.218 e. The van der Waals surface area contributed by atoms with Crippen LogP contribution in [0.3, 0.4) is 0 Å². The number of furan rings is 1. The van der Waals surface area contributed by atoms with E-state index in [0.717, 1.165) is 43.7 Å². The van der Waals surface area contributed by atoms with Gasteiger partial charge in [-0.15, -0.1) is 0 Å². The maximum Gasteiger partial charge on any atom is 0.218 e. The Labute approximate surface area is 127 Å². The van der Waals surface area contributed by atoms with Crippen LogP contribution >= 0.6 is 0 Å². The van der Waals surface area contributed by atoms with Gasteiger partial charge in [0.25, 0.3) is 0 Å². The monoisotopic (exact) mass is 312 g/mol. The van der Waals surface area contributed by atoms with Crippen LogP contribution in [0.2, 0.25) is 0 Å². The van der Waals surface area contributed by atoms with Gasteiger partial charge in [-0.05, 0) is 31.4 Å². The summed E-state index contributed by atoms with van der Waals surface area (Å²) in [5.41, 5.74) is 0. The lowest BCUT2D eigenvalue weighted by molar-refractivity contribution is 0.292. The Hall–Kier alpha value is -0.850. The number of rotatable bonds is 5. The van der Waals surface area contributed by atoms with Crippen LogP contribution in [0.1, 0.15) is 37.7 Å². The maximum atomic E-state index is 12.6. The van der Waals surface area contributed by atoms with Crippen molar-refractivity contribution in [3.63, 3.8) is 0 Å². The Bertz CT molecular complexity index is 575. The summed E-state index contributed by atoms with van der Waals surface area (Å²) >= 11 is 0. The summed E-state index contributed by atoms with van der Waals surface area (Å²) in [5.74, 6) is 1.93. The lowest BCUT2D eigenvalue weighted by Gasteiger charge is -2.21. The minimum atomic E-state index is -3.10. The number of sulfonamides is 1. The fourth-order valence-corrected chi connectivity index (χ4v) is 5.25. The highest BCUT2D eigenvalue weighted by Crippen LogP contribution is 2.25. The molecular formula is C15H24N2O3S. The molecule has 118 valence electrons. The van der Waals surface area contributed by atoms with E-state index in [0.29, 0.717) is 26.2 Å². The predicted molar refractivity (Wildman–Crippen MR) is 81.5 cm³/mol. The summed E-state index contributed by atoms with van der Waals surface area (Å²) in [4.78, 5) is 2.19. The molecule has 1 aromatic rings. The Kier molecular flexibility index (Phi) is 4.38. The number of hydrogen-bond acceptors (Lipinski definition) is 4. The third kappa shape index (κ3) is 3.17. The summed E-state index contributed by atoms with van der Waals surface area (Å²) in [6.07, 6.45) is 3.63. The van der Waals surface area contributed by atoms with Gasteiger partial charge in [0.05, 0.1) is 11.8 Å². The van der Waals surface area contributed by atoms with Gasteiger partial charge >= 0.3 is 0 Å². The van der Waals surface area contributed by atoms with Crippen molar-refractivity contribution in [3.05, 3.63) is 23.7 Å². The largest absolute Gasteiger partial charge is 0.465 e. The van der Waals surface area contributed by atoms with Crippen LogP contribution in [0.25, 0.3) is 0 Å². The topological polar surface area (TPSA) is 53.8 Å². The molecule has 2 saturated heterocycles. The molecule has 0 radical (unpaired) electrons. The van der Waals surface area contributed by atoms with Crippen LogP contribution in [-0.2, 0) is 23.0 Å². The minimum absolute atomic E-state index is 0.240. The molecule has 3 rings (SSSR count). The molecule has 1 atom stereocenters. The molecule has 1 unspecified atom stereocenters. The van der Waals surface area contributed by atoms with E-state index in [-0.39, 0.29) is 5.25 Å². The first kappa shape index (κ1) is 15.1. The molecule has 6 heteroatoms. The molecule has 2 aliphatic rings. The number of aryl methyl sites for hydroxylation is 1. The van der Waals surface area contributed by atoms with Crippen LogP contribution in [0.5, 0.6) is 0 Å². The lowest BCUT2D eigenvalue weighted by Crippen LogP contribution is -2.38. The van der Waals surface area contributed by atoms with Crippen LogP contribution in [0, 0.1) is 0 Å². The summed E-state index contributed by atoms with van der Waals surface area (Å²) in [5, 5.41) is -0.240. The normalized spacial score (nSPS) is 24.9. The van der Waals surface area contributed by atoms with E-state index in [9.17, 15) is 8.42 Å². The number of nitrogens with zero attached hydrogens (tertiary/aromatic N) is 2. The summed E-state index contributed by atoms with van der Waals surface area (Å²) in [6.45, 7) is 5.65. The highest BCUT2D eigenvalue weighted by molar-refractivity contribution is 7.89. The Morgan fingerprint density at radius 2 is 1.90 bits per heavy atom. The van der Waals surface area contributed by atoms with Crippen molar-refractivity contribution in [1.82, 2.24) is 9.21 Å². The average Bonchev–Trinajstić information content (AvgIpc) is 3.21. The third-order valence-electron chi connectivity index (χ3n) is 4.52. The minimum Gasteiger partial charge on any atom is -0.465 e. The summed E-state index contributed by atoms with van der Waals surface area (Å²) in [7, 11) is -3.10. The van der Waals surface area contributed by atoms with E-state index in [4.69, 9.17) is 4.42 Å². The second kappa shape index (κ2) is 6.10. The van der Waals surface area contributed by atoms with Crippen molar-refractivity contribution < 1.29 is 12.8 Å². The molecule has 0 saturated carbocycles. The van der Waals surface area contributed by atoms with Crippen LogP contribution < -0.4 is 0 Å². The molecule has 0 N–H and O–H groups in total. The van der Waals surface area contributed by atoms with Gasteiger partial charge < -0.3 is 4.42 Å². The molecule has 0 bridgehead atoms. The van der Waals surface area contributed by atoms with Gasteiger partial charge in [0, 0.05) is 32.6 Å². The van der Waals surface area contributed by atoms with Crippen molar-refractivity contribution in [3.8, 4) is 0 Å². The van der Waals surface area contributed by atoms with E-state index in [2.05, 4.69) is 11.8 Å². The molecule has 5 nitrogen and oxygen atoms in total. The highest BCUT2D eigenvalue weighted by Gasteiger charge is 2.38. The van der Waals surface area contributed by atoms with Gasteiger partial charge in [-0.3, -0.25) is 4.90 Å². The van der Waals surface area contributed by atoms with Crippen molar-refractivity contribution in [1.29, 1.82) is 0 Å². The van der Waals surface area contributed by atoms with Crippen molar-refractivity contribution >= 4 is 10.0 Å². The van der Waals surface area contributed by atoms with Crippen LogP contribution in [-0.4, -0.2) is 49.1 Å².